The number of hydrogen-bond acceptors (Lipinski definition) is 0. The van der Waals surface area contributed by atoms with E-state index in [1.807, 2.05) is 0 Å². The molecule has 18 heteroatoms. The van der Waals surface area contributed by atoms with E-state index in [1.54, 1.807) is 0 Å². The topological polar surface area (TPSA) is 0 Å². The van der Waals surface area contributed by atoms with E-state index in [9.17, 15) is 0 Å². The molecule has 0 atom stereocenters. The predicted octanol–water partition coefficient (Wildman–Crippen LogP) is 15.5. The van der Waals surface area contributed by atoms with Gasteiger partial charge in [-0.2, -0.15) is 0 Å². The molecule has 0 aliphatic heterocycles. The average molecular weight is 863 g/mol. The number of alkyl halides is 18. The highest BCUT2D eigenvalue weighted by molar-refractivity contribution is 6.44. The number of rotatable bonds is 6. The van der Waals surface area contributed by atoms with Gasteiger partial charge in [-0.3, -0.25) is 0 Å². The normalized spacial score (nSPS) is 7.41. The van der Waals surface area contributed by atoms with Gasteiger partial charge in [0, 0.05) is 0 Å². The molecule has 0 aliphatic rings. The Morgan fingerprint density at radius 1 is 0.353 bits per heavy atom. The molecule has 0 aromatic carbocycles. The number of unbranched alkanes of at least 4 members (excludes halogenated alkanes) is 4. The Hall–Kier alpha value is 5.22. The largest absolute Gasteiger partial charge is 0.109 e. The van der Waals surface area contributed by atoms with Crippen molar-refractivity contribution in [1.29, 1.82) is 0 Å². The second kappa shape index (κ2) is 107. The van der Waals surface area contributed by atoms with Crippen LogP contribution in [0.1, 0.15) is 45.4 Å². The van der Waals surface area contributed by atoms with Gasteiger partial charge in [0.1, 0.15) is 4.84 Å². The summed E-state index contributed by atoms with van der Waals surface area (Å²) in [7, 11) is 0. The van der Waals surface area contributed by atoms with Crippen molar-refractivity contribution in [3.63, 3.8) is 0 Å². The molecule has 0 aromatic rings. The van der Waals surface area contributed by atoms with Crippen LogP contribution in [0.15, 0.2) is 0 Å². The van der Waals surface area contributed by atoms with Gasteiger partial charge >= 0.3 is 0 Å². The third-order valence-corrected chi connectivity index (χ3v) is 1.96. The van der Waals surface area contributed by atoms with Crippen molar-refractivity contribution in [2.45, 2.75) is 50.3 Å². The summed E-state index contributed by atoms with van der Waals surface area (Å²) in [6.45, 7) is 2.21. The lowest BCUT2D eigenvalue weighted by Gasteiger charge is -1.99. The highest BCUT2D eigenvalue weighted by atomic mass is 35.6. The molecule has 0 unspecified atom stereocenters. The summed E-state index contributed by atoms with van der Waals surface area (Å²) >= 11 is 87.3. The van der Waals surface area contributed by atoms with E-state index in [2.05, 4.69) is 6.92 Å². The van der Waals surface area contributed by atoms with E-state index in [0.29, 0.717) is 0 Å². The molecule has 0 rings (SSSR count). The Morgan fingerprint density at radius 3 is 0.676 bits per heavy atom. The third kappa shape index (κ3) is 327. The van der Waals surface area contributed by atoms with Crippen LogP contribution >= 0.6 is 209 Å². The Balaban J connectivity index is -0.0000000318. The lowest BCUT2D eigenvalue weighted by molar-refractivity contribution is 0.620. The van der Waals surface area contributed by atoms with E-state index in [0.717, 1.165) is 6.42 Å². The molecular formula is C16H32Cl18. The molecule has 0 nitrogen and oxygen atoms in total. The molecule has 222 valence electrons. The molecular weight excluding hydrogens is 830 g/mol. The quantitative estimate of drug-likeness (QED) is 0.184. The van der Waals surface area contributed by atoms with Gasteiger partial charge in [-0.15, -0.1) is 209 Å². The zero-order valence-electron chi connectivity index (χ0n) is 18.3. The Labute approximate surface area is 298 Å². The van der Waals surface area contributed by atoms with Gasteiger partial charge in [0.2, 0.25) is 0 Å². The monoisotopic (exact) mass is 854 g/mol. The molecule has 0 aliphatic carbocycles. The van der Waals surface area contributed by atoms with Crippen LogP contribution in [-0.2, 0) is 0 Å². The maximum Gasteiger partial charge on any atom is 0.107 e. The lowest BCUT2D eigenvalue weighted by atomic mass is 10.1. The summed E-state index contributed by atoms with van der Waals surface area (Å²) in [5.41, 5.74) is 0. The molecule has 0 aromatic heterocycles. The standard InChI is InChI=1S/C8H16Cl2.8CH2Cl2/c1-2-3-4-5-6-7-8(9)10;8*2-1-3/h8H,2-7H2,1H3;8*1H2. The fraction of sp³-hybridized carbons (Fsp3) is 1.00. The summed E-state index contributed by atoms with van der Waals surface area (Å²) in [5.74, 6) is 0. The van der Waals surface area contributed by atoms with E-state index in [4.69, 9.17) is 209 Å². The van der Waals surface area contributed by atoms with Crippen molar-refractivity contribution >= 4 is 209 Å². The maximum absolute atomic E-state index is 5.56. The van der Waals surface area contributed by atoms with Gasteiger partial charge in [0.05, 0.1) is 42.7 Å². The predicted molar refractivity (Wildman–Crippen MR) is 181 cm³/mol. The zero-order valence-corrected chi connectivity index (χ0v) is 31.9. The van der Waals surface area contributed by atoms with Gasteiger partial charge in [-0.05, 0) is 6.42 Å². The van der Waals surface area contributed by atoms with Crippen molar-refractivity contribution in [1.82, 2.24) is 0 Å². The van der Waals surface area contributed by atoms with Crippen LogP contribution in [0.2, 0.25) is 0 Å². The van der Waals surface area contributed by atoms with Crippen molar-refractivity contribution in [2.24, 2.45) is 0 Å². The molecule has 0 heterocycles. The maximum atomic E-state index is 5.56. The third-order valence-electron chi connectivity index (χ3n) is 1.53. The SMILES string of the molecule is CCCCCCCC(Cl)Cl.ClCCl.ClCCl.ClCCl.ClCCl.ClCCl.ClCCl.ClCCl.ClCCl. The lowest BCUT2D eigenvalue weighted by Crippen LogP contribution is -1.86. The van der Waals surface area contributed by atoms with E-state index in [-0.39, 0.29) is 47.5 Å². The van der Waals surface area contributed by atoms with Gasteiger partial charge < -0.3 is 0 Å². The van der Waals surface area contributed by atoms with Crippen LogP contribution in [0.5, 0.6) is 0 Å². The fourth-order valence-corrected chi connectivity index (χ4v) is 1.21. The molecule has 0 saturated heterocycles. The van der Waals surface area contributed by atoms with Crippen molar-refractivity contribution in [3.8, 4) is 0 Å². The van der Waals surface area contributed by atoms with Crippen molar-refractivity contribution in [3.05, 3.63) is 0 Å². The van der Waals surface area contributed by atoms with Crippen LogP contribution in [0.25, 0.3) is 0 Å². The first-order valence-corrected chi connectivity index (χ1v) is 17.8. The number of halogens is 18. The molecule has 0 amide bonds. The van der Waals surface area contributed by atoms with E-state index in [1.165, 1.54) is 32.1 Å². The first-order valence-electron chi connectivity index (χ1n) is 8.33. The molecule has 34 heavy (non-hydrogen) atoms. The Morgan fingerprint density at radius 2 is 0.529 bits per heavy atom. The van der Waals surface area contributed by atoms with E-state index >= 15 is 0 Å². The summed E-state index contributed by atoms with van der Waals surface area (Å²) in [4.78, 5) is -0.151. The summed E-state index contributed by atoms with van der Waals surface area (Å²) in [6, 6.07) is 0. The molecule has 0 saturated carbocycles. The van der Waals surface area contributed by atoms with Crippen LogP contribution in [0.3, 0.4) is 0 Å². The molecule has 0 fully saturated rings. The highest BCUT2D eigenvalue weighted by Crippen LogP contribution is 2.13. The van der Waals surface area contributed by atoms with E-state index < -0.39 is 0 Å². The second-order valence-corrected chi connectivity index (χ2v) is 11.1. The van der Waals surface area contributed by atoms with Gasteiger partial charge in [0.15, 0.2) is 0 Å². The van der Waals surface area contributed by atoms with Gasteiger partial charge in [-0.25, -0.2) is 0 Å². The smallest absolute Gasteiger partial charge is 0.107 e. The minimum Gasteiger partial charge on any atom is -0.109 e. The first kappa shape index (κ1) is 62.7. The summed E-state index contributed by atoms with van der Waals surface area (Å²) < 4.78 is 0. The summed E-state index contributed by atoms with van der Waals surface area (Å²) in [6.07, 6.45) is 7.38. The zero-order chi connectivity index (χ0) is 29.5. The van der Waals surface area contributed by atoms with Crippen molar-refractivity contribution in [2.75, 3.05) is 42.7 Å². The number of hydrogen-bond donors (Lipinski definition) is 0. The minimum atomic E-state index is -0.151. The van der Waals surface area contributed by atoms with Crippen LogP contribution < -0.4 is 0 Å². The van der Waals surface area contributed by atoms with Crippen LogP contribution in [0.4, 0.5) is 0 Å². The average Bonchev–Trinajstić information content (AvgIpc) is 2.72. The molecule has 0 spiro atoms. The Bertz CT molecular complexity index is 147. The van der Waals surface area contributed by atoms with Crippen molar-refractivity contribution < 1.29 is 0 Å². The first-order chi connectivity index (χ1) is 16.1. The van der Waals surface area contributed by atoms with Gasteiger partial charge in [-0.1, -0.05) is 39.0 Å². The molecule has 0 N–H and O–H groups in total. The van der Waals surface area contributed by atoms with Crippen LogP contribution in [-0.4, -0.2) is 47.5 Å². The molecule has 0 bridgehead atoms. The highest BCUT2D eigenvalue weighted by Gasteiger charge is 1.96. The Kier molecular flexibility index (Phi) is 198. The second-order valence-electron chi connectivity index (χ2n) is 3.40. The van der Waals surface area contributed by atoms with Gasteiger partial charge in [0.25, 0.3) is 0 Å². The van der Waals surface area contributed by atoms with Crippen LogP contribution in [0, 0.1) is 0 Å². The summed E-state index contributed by atoms with van der Waals surface area (Å²) in [5, 5.41) is 1.56. The fourth-order valence-electron chi connectivity index (χ4n) is 0.902. The minimum absolute atomic E-state index is 0.151. The molecule has 0 radical (unpaired) electrons.